The number of quaternary nitrogens is 1. The van der Waals surface area contributed by atoms with Crippen molar-refractivity contribution in [2.24, 2.45) is 0 Å². The van der Waals surface area contributed by atoms with Crippen LogP contribution in [0, 0.1) is 0 Å². The molecule has 4 nitrogen and oxygen atoms in total. The predicted octanol–water partition coefficient (Wildman–Crippen LogP) is 3.31. The molecule has 5 heteroatoms. The van der Waals surface area contributed by atoms with Crippen molar-refractivity contribution in [2.75, 3.05) is 41.0 Å². The summed E-state index contributed by atoms with van der Waals surface area (Å²) in [7, 11) is 2.61. The predicted molar refractivity (Wildman–Crippen MR) is 92.6 cm³/mol. The molecular formula is C17H32NO3Si+. The van der Waals surface area contributed by atoms with E-state index in [4.69, 9.17) is 13.3 Å². The van der Waals surface area contributed by atoms with Gasteiger partial charge in [-0.2, -0.15) is 0 Å². The van der Waals surface area contributed by atoms with Gasteiger partial charge in [0.2, 0.25) is 0 Å². The molecule has 126 valence electrons. The van der Waals surface area contributed by atoms with Crippen molar-refractivity contribution in [3.8, 4) is 0 Å². The molecule has 0 bridgehead atoms. The summed E-state index contributed by atoms with van der Waals surface area (Å²) in [5.41, 5.74) is 1.40. The van der Waals surface area contributed by atoms with Gasteiger partial charge in [-0.25, -0.2) is 0 Å². The van der Waals surface area contributed by atoms with E-state index < -0.39 is 8.80 Å². The molecule has 0 saturated carbocycles. The van der Waals surface area contributed by atoms with Crippen molar-refractivity contribution in [3.05, 3.63) is 35.9 Å². The second kappa shape index (κ2) is 9.42. The summed E-state index contributed by atoms with van der Waals surface area (Å²) < 4.78 is 17.7. The van der Waals surface area contributed by atoms with Crippen molar-refractivity contribution in [1.82, 2.24) is 0 Å². The summed E-state index contributed by atoms with van der Waals surface area (Å²) in [6.07, 6.45) is 1.05. The second-order valence-corrected chi connectivity index (χ2v) is 8.83. The van der Waals surface area contributed by atoms with Gasteiger partial charge in [0.1, 0.15) is 6.54 Å². The molecule has 0 aliphatic carbocycles. The molecule has 0 spiro atoms. The summed E-state index contributed by atoms with van der Waals surface area (Å²) in [5, 5.41) is 0. The van der Waals surface area contributed by atoms with Crippen molar-refractivity contribution in [1.29, 1.82) is 0 Å². The molecular weight excluding hydrogens is 294 g/mol. The van der Waals surface area contributed by atoms with E-state index in [0.717, 1.165) is 43.1 Å². The average Bonchev–Trinajstić information content (AvgIpc) is 2.59. The third-order valence-corrected chi connectivity index (χ3v) is 7.58. The van der Waals surface area contributed by atoms with Crippen LogP contribution >= 0.6 is 0 Å². The van der Waals surface area contributed by atoms with E-state index in [1.165, 1.54) is 5.56 Å². The largest absolute Gasteiger partial charge is 0.500 e. The Labute approximate surface area is 137 Å². The Kier molecular flexibility index (Phi) is 8.28. The number of hydrogen-bond acceptors (Lipinski definition) is 3. The molecule has 22 heavy (non-hydrogen) atoms. The molecule has 0 aromatic heterocycles. The van der Waals surface area contributed by atoms with Crippen molar-refractivity contribution in [3.63, 3.8) is 0 Å². The lowest BCUT2D eigenvalue weighted by Gasteiger charge is -2.37. The minimum Gasteiger partial charge on any atom is -0.377 e. The zero-order valence-corrected chi connectivity index (χ0v) is 15.8. The lowest BCUT2D eigenvalue weighted by molar-refractivity contribution is -0.937. The van der Waals surface area contributed by atoms with E-state index in [-0.39, 0.29) is 0 Å². The average molecular weight is 327 g/mol. The summed E-state index contributed by atoms with van der Waals surface area (Å²) in [6, 6.07) is 11.6. The van der Waals surface area contributed by atoms with Crippen molar-refractivity contribution < 1.29 is 17.8 Å². The number of hydrogen-bond donors (Lipinski definition) is 0. The zero-order valence-electron chi connectivity index (χ0n) is 14.8. The van der Waals surface area contributed by atoms with Gasteiger partial charge in [0.15, 0.2) is 0 Å². The minimum absolute atomic E-state index is 0.866. The topological polar surface area (TPSA) is 27.7 Å². The van der Waals surface area contributed by atoms with Crippen LogP contribution in [0.4, 0.5) is 0 Å². The van der Waals surface area contributed by atoms with E-state index in [0.29, 0.717) is 0 Å². The van der Waals surface area contributed by atoms with E-state index in [1.54, 1.807) is 21.3 Å². The molecule has 0 aliphatic rings. The molecule has 1 rings (SSSR count). The third-order valence-electron chi connectivity index (χ3n) is 4.75. The van der Waals surface area contributed by atoms with Gasteiger partial charge in [0, 0.05) is 39.4 Å². The van der Waals surface area contributed by atoms with Crippen LogP contribution in [0.3, 0.4) is 0 Å². The second-order valence-electron chi connectivity index (χ2n) is 5.74. The molecule has 0 unspecified atom stereocenters. The van der Waals surface area contributed by atoms with Crippen LogP contribution in [0.2, 0.25) is 6.04 Å². The molecule has 0 radical (unpaired) electrons. The first-order valence-corrected chi connectivity index (χ1v) is 10.1. The van der Waals surface area contributed by atoms with Crippen LogP contribution in [0.5, 0.6) is 0 Å². The quantitative estimate of drug-likeness (QED) is 0.461. The highest BCUT2D eigenvalue weighted by atomic mass is 28.4. The van der Waals surface area contributed by atoms with E-state index in [1.807, 2.05) is 0 Å². The molecule has 1 aromatic carbocycles. The van der Waals surface area contributed by atoms with E-state index in [2.05, 4.69) is 44.2 Å². The summed E-state index contributed by atoms with van der Waals surface area (Å²) in [6.45, 7) is 9.02. The van der Waals surface area contributed by atoms with Gasteiger partial charge in [-0.1, -0.05) is 30.3 Å². The van der Waals surface area contributed by atoms with Gasteiger partial charge in [0.05, 0.1) is 19.6 Å². The number of benzene rings is 1. The Morgan fingerprint density at radius 2 is 1.45 bits per heavy atom. The Morgan fingerprint density at radius 1 is 0.909 bits per heavy atom. The van der Waals surface area contributed by atoms with Gasteiger partial charge < -0.3 is 17.8 Å². The van der Waals surface area contributed by atoms with Crippen LogP contribution in [0.1, 0.15) is 25.8 Å². The fourth-order valence-corrected chi connectivity index (χ4v) is 4.70. The van der Waals surface area contributed by atoms with E-state index in [9.17, 15) is 0 Å². The highest BCUT2D eigenvalue weighted by Gasteiger charge is 2.38. The van der Waals surface area contributed by atoms with Crippen molar-refractivity contribution in [2.45, 2.75) is 32.9 Å². The smallest absolute Gasteiger partial charge is 0.377 e. The SMILES string of the molecule is CC[N+](CC)(CCC[Si](OC)(OC)OC)Cc1ccccc1. The molecule has 0 heterocycles. The number of nitrogens with zero attached hydrogens (tertiary/aromatic N) is 1. The summed E-state index contributed by atoms with van der Waals surface area (Å²) >= 11 is 0. The highest BCUT2D eigenvalue weighted by molar-refractivity contribution is 6.60. The standard InChI is InChI=1S/C17H32NO3Si/c1-6-18(7-2,16-17-12-9-8-10-13-17)14-11-15-22(19-3,20-4)21-5/h8-10,12-13H,6-7,11,14-16H2,1-5H3/q+1. The van der Waals surface area contributed by atoms with E-state index >= 15 is 0 Å². The monoisotopic (exact) mass is 326 g/mol. The Hall–Kier alpha value is -0.723. The maximum atomic E-state index is 5.52. The molecule has 0 aliphatic heterocycles. The Balaban J connectivity index is 2.67. The van der Waals surface area contributed by atoms with Gasteiger partial charge in [-0.15, -0.1) is 0 Å². The molecule has 0 N–H and O–H groups in total. The van der Waals surface area contributed by atoms with Gasteiger partial charge in [0.25, 0.3) is 0 Å². The highest BCUT2D eigenvalue weighted by Crippen LogP contribution is 2.20. The number of rotatable bonds is 11. The van der Waals surface area contributed by atoms with Gasteiger partial charge in [-0.05, 0) is 13.8 Å². The maximum Gasteiger partial charge on any atom is 0.500 e. The van der Waals surface area contributed by atoms with Crippen LogP contribution in [0.15, 0.2) is 30.3 Å². The fraction of sp³-hybridized carbons (Fsp3) is 0.647. The molecule has 0 fully saturated rings. The lowest BCUT2D eigenvalue weighted by Crippen LogP contribution is -2.49. The first-order chi connectivity index (χ1) is 10.6. The lowest BCUT2D eigenvalue weighted by atomic mass is 10.1. The fourth-order valence-electron chi connectivity index (χ4n) is 3.00. The maximum absolute atomic E-state index is 5.52. The van der Waals surface area contributed by atoms with Crippen LogP contribution < -0.4 is 0 Å². The molecule has 1 aromatic rings. The first kappa shape index (κ1) is 19.3. The molecule has 0 amide bonds. The normalized spacial score (nSPS) is 12.6. The van der Waals surface area contributed by atoms with Gasteiger partial charge in [-0.3, -0.25) is 0 Å². The summed E-state index contributed by atoms with van der Waals surface area (Å²) in [4.78, 5) is 0. The van der Waals surface area contributed by atoms with Gasteiger partial charge >= 0.3 is 8.80 Å². The van der Waals surface area contributed by atoms with Crippen LogP contribution in [0.25, 0.3) is 0 Å². The van der Waals surface area contributed by atoms with Crippen LogP contribution in [-0.4, -0.2) is 54.3 Å². The van der Waals surface area contributed by atoms with Crippen molar-refractivity contribution >= 4 is 8.80 Å². The van der Waals surface area contributed by atoms with Crippen LogP contribution in [-0.2, 0) is 19.8 Å². The molecule has 0 saturated heterocycles. The summed E-state index contributed by atoms with van der Waals surface area (Å²) in [5.74, 6) is 0. The zero-order chi connectivity index (χ0) is 16.5. The molecule has 0 atom stereocenters. The third kappa shape index (κ3) is 5.17. The Morgan fingerprint density at radius 3 is 1.91 bits per heavy atom. The first-order valence-electron chi connectivity index (χ1n) is 8.13. The minimum atomic E-state index is -2.44. The Bertz CT molecular complexity index is 397.